The number of rotatable bonds is 5. The van der Waals surface area contributed by atoms with E-state index in [-0.39, 0.29) is 6.61 Å². The topological polar surface area (TPSA) is 38.7 Å². The first kappa shape index (κ1) is 12.2. The third-order valence-corrected chi connectivity index (χ3v) is 2.93. The van der Waals surface area contributed by atoms with E-state index >= 15 is 0 Å². The molecule has 0 fully saturated rings. The molecular weight excluding hydrogens is 212 g/mol. The van der Waals surface area contributed by atoms with Crippen molar-refractivity contribution in [3.8, 4) is 11.5 Å². The Bertz CT molecular complexity index is 326. The van der Waals surface area contributed by atoms with E-state index in [1.807, 2.05) is 18.4 Å². The van der Waals surface area contributed by atoms with E-state index in [0.717, 1.165) is 22.0 Å². The van der Waals surface area contributed by atoms with Gasteiger partial charge in [0.2, 0.25) is 0 Å². The molecule has 1 aromatic rings. The molecule has 0 aliphatic rings. The Morgan fingerprint density at radius 1 is 1.20 bits per heavy atom. The Balaban J connectivity index is 3.21. The van der Waals surface area contributed by atoms with Crippen molar-refractivity contribution >= 4 is 11.8 Å². The summed E-state index contributed by atoms with van der Waals surface area (Å²) >= 11 is 1.61. The highest BCUT2D eigenvalue weighted by atomic mass is 32.2. The van der Waals surface area contributed by atoms with E-state index in [0.29, 0.717) is 6.42 Å². The maximum Gasteiger partial charge on any atom is 0.174 e. The lowest BCUT2D eigenvalue weighted by Crippen LogP contribution is -1.99. The number of ether oxygens (including phenoxy) is 2. The van der Waals surface area contributed by atoms with Crippen LogP contribution in [0.2, 0.25) is 0 Å². The van der Waals surface area contributed by atoms with E-state index in [2.05, 4.69) is 0 Å². The highest BCUT2D eigenvalue weighted by molar-refractivity contribution is 7.98. The molecule has 4 heteroatoms. The van der Waals surface area contributed by atoms with Crippen molar-refractivity contribution < 1.29 is 14.6 Å². The lowest BCUT2D eigenvalue weighted by molar-refractivity contribution is 0.294. The molecule has 1 N–H and O–H groups in total. The lowest BCUT2D eigenvalue weighted by Gasteiger charge is -2.14. The van der Waals surface area contributed by atoms with Crippen LogP contribution in [0.3, 0.4) is 0 Å². The molecule has 0 unspecified atom stereocenters. The van der Waals surface area contributed by atoms with Crippen molar-refractivity contribution in [2.75, 3.05) is 27.1 Å². The Kier molecular flexibility index (Phi) is 4.78. The summed E-state index contributed by atoms with van der Waals surface area (Å²) in [4.78, 5) is 1.04. The van der Waals surface area contributed by atoms with Gasteiger partial charge in [-0.15, -0.1) is 11.8 Å². The molecule has 0 amide bonds. The second-order valence-electron chi connectivity index (χ2n) is 2.97. The van der Waals surface area contributed by atoms with Crippen LogP contribution in [0.1, 0.15) is 5.56 Å². The van der Waals surface area contributed by atoms with Crippen molar-refractivity contribution in [1.29, 1.82) is 0 Å². The van der Waals surface area contributed by atoms with Crippen LogP contribution in [0.15, 0.2) is 17.0 Å². The molecule has 0 saturated heterocycles. The van der Waals surface area contributed by atoms with Crippen LogP contribution in [0, 0.1) is 0 Å². The number of benzene rings is 1. The fourth-order valence-corrected chi connectivity index (χ4v) is 2.05. The smallest absolute Gasteiger partial charge is 0.174 e. The molecule has 0 aliphatic carbocycles. The van der Waals surface area contributed by atoms with E-state index in [1.165, 1.54) is 0 Å². The minimum Gasteiger partial charge on any atom is -0.493 e. The second-order valence-corrected chi connectivity index (χ2v) is 3.82. The highest BCUT2D eigenvalue weighted by Gasteiger charge is 2.13. The van der Waals surface area contributed by atoms with Crippen LogP contribution in [-0.4, -0.2) is 32.2 Å². The molecule has 0 spiro atoms. The molecule has 0 saturated carbocycles. The minimum absolute atomic E-state index is 0.109. The van der Waals surface area contributed by atoms with Crippen molar-refractivity contribution in [3.05, 3.63) is 17.7 Å². The maximum atomic E-state index is 8.93. The van der Waals surface area contributed by atoms with E-state index in [1.54, 1.807) is 26.0 Å². The van der Waals surface area contributed by atoms with Gasteiger partial charge < -0.3 is 14.6 Å². The number of hydrogen-bond acceptors (Lipinski definition) is 4. The first-order chi connectivity index (χ1) is 7.28. The summed E-state index contributed by atoms with van der Waals surface area (Å²) in [6.07, 6.45) is 2.57. The molecule has 0 aliphatic heterocycles. The van der Waals surface area contributed by atoms with Gasteiger partial charge in [-0.2, -0.15) is 0 Å². The lowest BCUT2D eigenvalue weighted by atomic mass is 10.1. The van der Waals surface area contributed by atoms with E-state index in [4.69, 9.17) is 14.6 Å². The zero-order valence-corrected chi connectivity index (χ0v) is 10.1. The van der Waals surface area contributed by atoms with E-state index < -0.39 is 0 Å². The standard InChI is InChI=1S/C11H16O3S/c1-13-10-8(6-7-12)4-5-9(15-3)11(10)14-2/h4-5,12H,6-7H2,1-3H3. The van der Waals surface area contributed by atoms with Gasteiger partial charge in [0.25, 0.3) is 0 Å². The van der Waals surface area contributed by atoms with Gasteiger partial charge in [-0.3, -0.25) is 0 Å². The first-order valence-electron chi connectivity index (χ1n) is 4.67. The van der Waals surface area contributed by atoms with Crippen LogP contribution < -0.4 is 9.47 Å². The highest BCUT2D eigenvalue weighted by Crippen LogP contribution is 2.39. The van der Waals surface area contributed by atoms with Gasteiger partial charge >= 0.3 is 0 Å². The third kappa shape index (κ3) is 2.58. The number of methoxy groups -OCH3 is 2. The Morgan fingerprint density at radius 3 is 2.33 bits per heavy atom. The molecule has 0 heterocycles. The molecule has 0 atom stereocenters. The first-order valence-corrected chi connectivity index (χ1v) is 5.89. The van der Waals surface area contributed by atoms with Gasteiger partial charge in [0.05, 0.1) is 19.1 Å². The third-order valence-electron chi connectivity index (χ3n) is 2.17. The maximum absolute atomic E-state index is 8.93. The van der Waals surface area contributed by atoms with Crippen molar-refractivity contribution in [2.24, 2.45) is 0 Å². The summed E-state index contributed by atoms with van der Waals surface area (Å²) in [6.45, 7) is 0.109. The average molecular weight is 228 g/mol. The average Bonchev–Trinajstić information content (AvgIpc) is 2.28. The molecular formula is C11H16O3S. The monoisotopic (exact) mass is 228 g/mol. The van der Waals surface area contributed by atoms with Gasteiger partial charge in [-0.25, -0.2) is 0 Å². The zero-order chi connectivity index (χ0) is 11.3. The van der Waals surface area contributed by atoms with Gasteiger partial charge in [0, 0.05) is 12.2 Å². The normalized spacial score (nSPS) is 10.1. The van der Waals surface area contributed by atoms with Crippen molar-refractivity contribution in [3.63, 3.8) is 0 Å². The van der Waals surface area contributed by atoms with Crippen LogP contribution in [0.25, 0.3) is 0 Å². The largest absolute Gasteiger partial charge is 0.493 e. The fourth-order valence-electron chi connectivity index (χ4n) is 1.48. The molecule has 0 aromatic heterocycles. The summed E-state index contributed by atoms with van der Waals surface area (Å²) in [5, 5.41) is 8.93. The van der Waals surface area contributed by atoms with Crippen LogP contribution in [0.4, 0.5) is 0 Å². The Morgan fingerprint density at radius 2 is 1.87 bits per heavy atom. The number of hydrogen-bond donors (Lipinski definition) is 1. The summed E-state index contributed by atoms with van der Waals surface area (Å²) in [6, 6.07) is 3.94. The molecule has 15 heavy (non-hydrogen) atoms. The van der Waals surface area contributed by atoms with Crippen LogP contribution in [-0.2, 0) is 6.42 Å². The number of aliphatic hydroxyl groups excluding tert-OH is 1. The predicted molar refractivity (Wildman–Crippen MR) is 62.1 cm³/mol. The number of aliphatic hydroxyl groups is 1. The summed E-state index contributed by atoms with van der Waals surface area (Å²) < 4.78 is 10.6. The van der Waals surface area contributed by atoms with Crippen LogP contribution in [0.5, 0.6) is 11.5 Å². The van der Waals surface area contributed by atoms with E-state index in [9.17, 15) is 0 Å². The zero-order valence-electron chi connectivity index (χ0n) is 9.24. The summed E-state index contributed by atoms with van der Waals surface area (Å²) in [7, 11) is 3.24. The fraction of sp³-hybridized carbons (Fsp3) is 0.455. The Labute approximate surface area is 94.4 Å². The molecule has 1 rings (SSSR count). The van der Waals surface area contributed by atoms with Crippen LogP contribution >= 0.6 is 11.8 Å². The molecule has 3 nitrogen and oxygen atoms in total. The minimum atomic E-state index is 0.109. The molecule has 0 bridgehead atoms. The van der Waals surface area contributed by atoms with Gasteiger partial charge in [-0.1, -0.05) is 6.07 Å². The molecule has 1 aromatic carbocycles. The van der Waals surface area contributed by atoms with Gasteiger partial charge in [0.1, 0.15) is 0 Å². The van der Waals surface area contributed by atoms with Gasteiger partial charge in [0.15, 0.2) is 11.5 Å². The molecule has 0 radical (unpaired) electrons. The molecule has 84 valence electrons. The predicted octanol–water partition coefficient (Wildman–Crippen LogP) is 1.96. The van der Waals surface area contributed by atoms with Crippen molar-refractivity contribution in [2.45, 2.75) is 11.3 Å². The SMILES string of the molecule is COc1c(CCO)ccc(SC)c1OC. The van der Waals surface area contributed by atoms with Crippen molar-refractivity contribution in [1.82, 2.24) is 0 Å². The summed E-state index contributed by atoms with van der Waals surface area (Å²) in [5.74, 6) is 1.47. The second kappa shape index (κ2) is 5.88. The Hall–Kier alpha value is -0.870. The quantitative estimate of drug-likeness (QED) is 0.782. The van der Waals surface area contributed by atoms with Gasteiger partial charge in [-0.05, 0) is 18.7 Å². The number of thioether (sulfide) groups is 1. The summed E-state index contributed by atoms with van der Waals surface area (Å²) in [5.41, 5.74) is 0.967.